The normalized spacial score (nSPS) is 20.0. The summed E-state index contributed by atoms with van der Waals surface area (Å²) < 4.78 is 13.3. The molecule has 2 saturated heterocycles. The largest absolute Gasteiger partial charge is 0.508 e. The standard InChI is InChI=1S/C28H36FN5O4/c1-3-4-5-6-15-32-18-25-33(24(27(32)37)16-20-9-13-23(35)14-10-20)26(36)19-31(2)34(25)28(38)30-17-21-7-11-22(29)12-8-21/h7-14,24-25,35H,3-6,15-19H2,1-2H3,(H,30,38)/t24-,25-/m0/s1. The number of piperazine rings is 1. The Morgan fingerprint density at radius 3 is 2.39 bits per heavy atom. The fourth-order valence-electron chi connectivity index (χ4n) is 5.15. The molecule has 0 spiro atoms. The zero-order chi connectivity index (χ0) is 27.2. The Morgan fingerprint density at radius 1 is 1.03 bits per heavy atom. The number of urea groups is 1. The van der Waals surface area contributed by atoms with Gasteiger partial charge in [-0.3, -0.25) is 9.59 Å². The van der Waals surface area contributed by atoms with Gasteiger partial charge in [0, 0.05) is 26.6 Å². The fraction of sp³-hybridized carbons (Fsp3) is 0.464. The van der Waals surface area contributed by atoms with Crippen molar-refractivity contribution in [1.82, 2.24) is 25.1 Å². The first-order valence-corrected chi connectivity index (χ1v) is 13.2. The van der Waals surface area contributed by atoms with Crippen LogP contribution in [0, 0.1) is 5.82 Å². The Balaban J connectivity index is 1.58. The van der Waals surface area contributed by atoms with E-state index in [-0.39, 0.29) is 49.4 Å². The van der Waals surface area contributed by atoms with Crippen LogP contribution in [0.1, 0.15) is 43.7 Å². The van der Waals surface area contributed by atoms with E-state index in [0.717, 1.165) is 36.8 Å². The summed E-state index contributed by atoms with van der Waals surface area (Å²) in [5, 5.41) is 15.7. The maximum Gasteiger partial charge on any atom is 0.334 e. The molecule has 2 heterocycles. The maximum atomic E-state index is 13.7. The van der Waals surface area contributed by atoms with Crippen LogP contribution in [0.4, 0.5) is 9.18 Å². The summed E-state index contributed by atoms with van der Waals surface area (Å²) in [5.74, 6) is -0.576. The lowest BCUT2D eigenvalue weighted by atomic mass is 9.98. The zero-order valence-electron chi connectivity index (χ0n) is 22.0. The molecule has 4 amide bonds. The van der Waals surface area contributed by atoms with E-state index in [1.165, 1.54) is 17.1 Å². The zero-order valence-corrected chi connectivity index (χ0v) is 22.0. The van der Waals surface area contributed by atoms with E-state index in [2.05, 4.69) is 12.2 Å². The maximum absolute atomic E-state index is 13.7. The van der Waals surface area contributed by atoms with E-state index in [0.29, 0.717) is 6.54 Å². The number of hydrogen-bond acceptors (Lipinski definition) is 5. The number of likely N-dealkylation sites (N-methyl/N-ethyl adjacent to an activating group) is 1. The molecule has 0 aliphatic carbocycles. The van der Waals surface area contributed by atoms with Crippen LogP contribution >= 0.6 is 0 Å². The first-order chi connectivity index (χ1) is 18.3. The van der Waals surface area contributed by atoms with Gasteiger partial charge >= 0.3 is 6.03 Å². The summed E-state index contributed by atoms with van der Waals surface area (Å²) in [6.45, 7) is 3.05. The average Bonchev–Trinajstić information content (AvgIpc) is 2.89. The molecule has 2 aromatic rings. The van der Waals surface area contributed by atoms with Crippen molar-refractivity contribution in [1.29, 1.82) is 0 Å². The predicted molar refractivity (Wildman–Crippen MR) is 140 cm³/mol. The Bertz CT molecular complexity index is 1130. The number of benzene rings is 2. The number of carbonyl (C=O) groups excluding carboxylic acids is 3. The average molecular weight is 526 g/mol. The van der Waals surface area contributed by atoms with Crippen LogP contribution in [-0.4, -0.2) is 81.7 Å². The molecule has 10 heteroatoms. The van der Waals surface area contributed by atoms with Crippen molar-refractivity contribution in [3.63, 3.8) is 0 Å². The minimum absolute atomic E-state index is 0.0453. The van der Waals surface area contributed by atoms with E-state index in [1.54, 1.807) is 58.3 Å². The quantitative estimate of drug-likeness (QED) is 0.491. The number of hydrogen-bond donors (Lipinski definition) is 2. The Hall–Kier alpha value is -3.66. The van der Waals surface area contributed by atoms with Crippen LogP contribution in [0.25, 0.3) is 0 Å². The van der Waals surface area contributed by atoms with Crippen LogP contribution in [-0.2, 0) is 22.6 Å². The van der Waals surface area contributed by atoms with Gasteiger partial charge in [-0.2, -0.15) is 0 Å². The molecule has 2 aliphatic heterocycles. The second-order valence-corrected chi connectivity index (χ2v) is 9.96. The van der Waals surface area contributed by atoms with Crippen molar-refractivity contribution >= 4 is 17.8 Å². The van der Waals surface area contributed by atoms with Crippen molar-refractivity contribution in [3.8, 4) is 5.75 Å². The third kappa shape index (κ3) is 6.24. The third-order valence-corrected chi connectivity index (χ3v) is 7.15. The molecule has 2 N–H and O–H groups in total. The van der Waals surface area contributed by atoms with E-state index < -0.39 is 18.2 Å². The molecule has 9 nitrogen and oxygen atoms in total. The number of phenolic OH excluding ortho intramolecular Hbond substituents is 1. The predicted octanol–water partition coefficient (Wildman–Crippen LogP) is 3.09. The second kappa shape index (κ2) is 12.3. The van der Waals surface area contributed by atoms with Crippen LogP contribution in [0.5, 0.6) is 5.75 Å². The summed E-state index contributed by atoms with van der Waals surface area (Å²) in [6.07, 6.45) is 3.61. The fourth-order valence-corrected chi connectivity index (χ4v) is 5.15. The van der Waals surface area contributed by atoms with Crippen molar-refractivity contribution in [2.75, 3.05) is 26.7 Å². The molecule has 38 heavy (non-hydrogen) atoms. The molecular weight excluding hydrogens is 489 g/mol. The second-order valence-electron chi connectivity index (χ2n) is 9.96. The van der Waals surface area contributed by atoms with Gasteiger partial charge < -0.3 is 20.2 Å². The number of carbonyl (C=O) groups is 3. The van der Waals surface area contributed by atoms with Crippen LogP contribution in [0.15, 0.2) is 48.5 Å². The Kier molecular flexibility index (Phi) is 8.83. The number of unbranched alkanes of at least 4 members (excludes halogenated alkanes) is 3. The molecule has 2 aliphatic rings. The number of nitrogens with one attached hydrogen (secondary N) is 1. The lowest BCUT2D eigenvalue weighted by Gasteiger charge is -2.54. The molecule has 204 valence electrons. The lowest BCUT2D eigenvalue weighted by Crippen LogP contribution is -2.76. The summed E-state index contributed by atoms with van der Waals surface area (Å²) in [7, 11) is 1.68. The number of nitrogens with zero attached hydrogens (tertiary/aromatic N) is 4. The number of halogens is 1. The molecule has 4 rings (SSSR count). The van der Waals surface area contributed by atoms with E-state index >= 15 is 0 Å². The highest BCUT2D eigenvalue weighted by atomic mass is 19.1. The van der Waals surface area contributed by atoms with Crippen LogP contribution in [0.3, 0.4) is 0 Å². The molecule has 0 saturated carbocycles. The Labute approximate surface area is 222 Å². The molecule has 2 fully saturated rings. The highest BCUT2D eigenvalue weighted by molar-refractivity contribution is 5.91. The third-order valence-electron chi connectivity index (χ3n) is 7.15. The van der Waals surface area contributed by atoms with Crippen molar-refractivity contribution < 1.29 is 23.9 Å². The summed E-state index contributed by atoms with van der Waals surface area (Å²) >= 11 is 0. The monoisotopic (exact) mass is 525 g/mol. The van der Waals surface area contributed by atoms with Crippen molar-refractivity contribution in [2.45, 2.75) is 57.8 Å². The number of aromatic hydroxyl groups is 1. The van der Waals surface area contributed by atoms with E-state index in [4.69, 9.17) is 0 Å². The SMILES string of the molecule is CCCCCCN1C[C@H]2N(C(=O)CN(C)N2C(=O)NCc2ccc(F)cc2)[C@@H](Cc2ccc(O)cc2)C1=O. The first-order valence-electron chi connectivity index (χ1n) is 13.2. The number of amides is 4. The minimum atomic E-state index is -0.766. The molecule has 0 unspecified atom stereocenters. The lowest BCUT2D eigenvalue weighted by molar-refractivity contribution is -0.186. The number of fused-ring (bicyclic) bond motifs is 1. The van der Waals surface area contributed by atoms with Gasteiger partial charge in [-0.1, -0.05) is 50.5 Å². The van der Waals surface area contributed by atoms with Gasteiger partial charge in [-0.05, 0) is 41.8 Å². The Morgan fingerprint density at radius 2 is 1.71 bits per heavy atom. The molecule has 0 bridgehead atoms. The minimum Gasteiger partial charge on any atom is -0.508 e. The van der Waals surface area contributed by atoms with Crippen molar-refractivity contribution in [2.24, 2.45) is 0 Å². The van der Waals surface area contributed by atoms with Crippen LogP contribution < -0.4 is 5.32 Å². The summed E-state index contributed by atoms with van der Waals surface area (Å²) in [5.41, 5.74) is 1.56. The number of phenols is 1. The topological polar surface area (TPSA) is 96.4 Å². The number of hydrazine groups is 1. The van der Waals surface area contributed by atoms with Crippen molar-refractivity contribution in [3.05, 3.63) is 65.5 Å². The summed E-state index contributed by atoms with van der Waals surface area (Å²) in [4.78, 5) is 43.7. The summed E-state index contributed by atoms with van der Waals surface area (Å²) in [6, 6.07) is 11.3. The molecule has 2 atom stereocenters. The van der Waals surface area contributed by atoms with Crippen LogP contribution in [0.2, 0.25) is 0 Å². The molecular formula is C28H36FN5O4. The van der Waals surface area contributed by atoms with E-state index in [1.807, 2.05) is 0 Å². The van der Waals surface area contributed by atoms with Gasteiger partial charge in [0.05, 0.1) is 13.1 Å². The number of rotatable bonds is 9. The van der Waals surface area contributed by atoms with Gasteiger partial charge in [-0.25, -0.2) is 19.2 Å². The van der Waals surface area contributed by atoms with Gasteiger partial charge in [0.25, 0.3) is 0 Å². The highest BCUT2D eigenvalue weighted by Crippen LogP contribution is 2.28. The highest BCUT2D eigenvalue weighted by Gasteiger charge is 2.50. The molecule has 0 aromatic heterocycles. The van der Waals surface area contributed by atoms with Gasteiger partial charge in [0.15, 0.2) is 0 Å². The van der Waals surface area contributed by atoms with Gasteiger partial charge in [0.2, 0.25) is 11.8 Å². The smallest absolute Gasteiger partial charge is 0.334 e. The van der Waals surface area contributed by atoms with Gasteiger partial charge in [-0.15, -0.1) is 0 Å². The van der Waals surface area contributed by atoms with Gasteiger partial charge in [0.1, 0.15) is 23.8 Å². The van der Waals surface area contributed by atoms with E-state index in [9.17, 15) is 23.9 Å². The molecule has 0 radical (unpaired) electrons. The molecule has 2 aromatic carbocycles. The first kappa shape index (κ1) is 27.4.